The lowest BCUT2D eigenvalue weighted by atomic mass is 10.1. The molecule has 6 nitrogen and oxygen atoms in total. The van der Waals surface area contributed by atoms with E-state index in [0.29, 0.717) is 23.5 Å². The van der Waals surface area contributed by atoms with Crippen molar-refractivity contribution in [2.45, 2.75) is 45.6 Å². The Hall–Kier alpha value is -1.82. The van der Waals surface area contributed by atoms with Gasteiger partial charge in [0.15, 0.2) is 0 Å². The van der Waals surface area contributed by atoms with Crippen molar-refractivity contribution in [3.8, 4) is 11.5 Å². The predicted molar refractivity (Wildman–Crippen MR) is 76.0 cm³/mol. The molecule has 1 N–H and O–H groups in total. The molecule has 0 saturated carbocycles. The van der Waals surface area contributed by atoms with E-state index in [1.54, 1.807) is 18.6 Å². The molecule has 0 aliphatic carbocycles. The molecule has 0 amide bonds. The first kappa shape index (κ1) is 14.6. The van der Waals surface area contributed by atoms with E-state index in [9.17, 15) is 0 Å². The van der Waals surface area contributed by atoms with Crippen molar-refractivity contribution in [2.75, 3.05) is 6.54 Å². The Kier molecular flexibility index (Phi) is 5.61. The van der Waals surface area contributed by atoms with Crippen LogP contribution in [0.25, 0.3) is 11.5 Å². The number of hydrogen-bond donors (Lipinski definition) is 1. The minimum Gasteiger partial charge on any atom is -0.339 e. The molecule has 0 fully saturated rings. The van der Waals surface area contributed by atoms with Gasteiger partial charge in [0.25, 0.3) is 0 Å². The van der Waals surface area contributed by atoms with Gasteiger partial charge in [0, 0.05) is 24.9 Å². The molecule has 0 spiro atoms. The quantitative estimate of drug-likeness (QED) is 0.796. The monoisotopic (exact) mass is 275 g/mol. The van der Waals surface area contributed by atoms with Crippen LogP contribution in [0.5, 0.6) is 0 Å². The van der Waals surface area contributed by atoms with Crippen molar-refractivity contribution in [3.63, 3.8) is 0 Å². The van der Waals surface area contributed by atoms with Gasteiger partial charge >= 0.3 is 0 Å². The molecule has 0 radical (unpaired) electrons. The third-order valence-electron chi connectivity index (χ3n) is 3.00. The van der Waals surface area contributed by atoms with Gasteiger partial charge in [-0.25, -0.2) is 4.98 Å². The van der Waals surface area contributed by atoms with Crippen LogP contribution in [-0.4, -0.2) is 32.7 Å². The zero-order valence-electron chi connectivity index (χ0n) is 12.0. The summed E-state index contributed by atoms with van der Waals surface area (Å²) in [6, 6.07) is 0.384. The highest BCUT2D eigenvalue weighted by molar-refractivity contribution is 5.45. The van der Waals surface area contributed by atoms with Crippen LogP contribution in [0.3, 0.4) is 0 Å². The molecular weight excluding hydrogens is 254 g/mol. The third-order valence-corrected chi connectivity index (χ3v) is 3.00. The zero-order valence-corrected chi connectivity index (χ0v) is 12.0. The second-order valence-corrected chi connectivity index (χ2v) is 4.75. The fourth-order valence-corrected chi connectivity index (χ4v) is 2.04. The van der Waals surface area contributed by atoms with E-state index in [1.807, 2.05) is 0 Å². The van der Waals surface area contributed by atoms with Gasteiger partial charge < -0.3 is 9.84 Å². The lowest BCUT2D eigenvalue weighted by Crippen LogP contribution is -2.31. The molecular formula is C14H21N5O. The molecule has 0 saturated heterocycles. The number of nitrogens with zero attached hydrogens (tertiary/aromatic N) is 4. The molecule has 6 heteroatoms. The number of hydrogen-bond acceptors (Lipinski definition) is 6. The highest BCUT2D eigenvalue weighted by atomic mass is 16.5. The Morgan fingerprint density at radius 1 is 1.25 bits per heavy atom. The number of nitrogens with one attached hydrogen (secondary N) is 1. The topological polar surface area (TPSA) is 76.7 Å². The number of aromatic nitrogens is 4. The Morgan fingerprint density at radius 2 is 2.15 bits per heavy atom. The van der Waals surface area contributed by atoms with Gasteiger partial charge in [0.1, 0.15) is 5.69 Å². The minimum atomic E-state index is 0.384. The van der Waals surface area contributed by atoms with Crippen LogP contribution in [0.15, 0.2) is 23.1 Å². The summed E-state index contributed by atoms with van der Waals surface area (Å²) in [5.74, 6) is 1.14. The zero-order chi connectivity index (χ0) is 14.2. The SMILES string of the molecule is CCCNC(CCC)Cc1nc(-c2cnccn2)no1. The van der Waals surface area contributed by atoms with Crippen molar-refractivity contribution in [2.24, 2.45) is 0 Å². The lowest BCUT2D eigenvalue weighted by Gasteiger charge is -2.15. The second kappa shape index (κ2) is 7.69. The van der Waals surface area contributed by atoms with Gasteiger partial charge in [0.05, 0.1) is 6.20 Å². The van der Waals surface area contributed by atoms with Gasteiger partial charge in [-0.2, -0.15) is 4.98 Å². The summed E-state index contributed by atoms with van der Waals surface area (Å²) in [6.07, 6.45) is 8.98. The van der Waals surface area contributed by atoms with E-state index in [1.165, 1.54) is 0 Å². The first-order chi connectivity index (χ1) is 9.83. The van der Waals surface area contributed by atoms with Gasteiger partial charge in [-0.15, -0.1) is 0 Å². The molecule has 108 valence electrons. The van der Waals surface area contributed by atoms with Gasteiger partial charge in [-0.3, -0.25) is 4.98 Å². The summed E-state index contributed by atoms with van der Waals surface area (Å²) < 4.78 is 5.31. The van der Waals surface area contributed by atoms with E-state index in [2.05, 4.69) is 39.3 Å². The van der Waals surface area contributed by atoms with E-state index in [4.69, 9.17) is 4.52 Å². The van der Waals surface area contributed by atoms with Gasteiger partial charge in [-0.05, 0) is 19.4 Å². The Balaban J connectivity index is 2.00. The van der Waals surface area contributed by atoms with Crippen LogP contribution in [0.1, 0.15) is 39.0 Å². The van der Waals surface area contributed by atoms with Crippen molar-refractivity contribution >= 4 is 0 Å². The van der Waals surface area contributed by atoms with Crippen LogP contribution in [0, 0.1) is 0 Å². The molecule has 2 aromatic rings. The van der Waals surface area contributed by atoms with Crippen molar-refractivity contribution < 1.29 is 4.52 Å². The Labute approximate surface area is 119 Å². The molecule has 2 aromatic heterocycles. The van der Waals surface area contributed by atoms with Crippen LogP contribution in [-0.2, 0) is 6.42 Å². The molecule has 0 bridgehead atoms. The lowest BCUT2D eigenvalue weighted by molar-refractivity contribution is 0.350. The molecule has 2 heterocycles. The average molecular weight is 275 g/mol. The third kappa shape index (κ3) is 4.09. The van der Waals surface area contributed by atoms with Gasteiger partial charge in [0.2, 0.25) is 11.7 Å². The summed E-state index contributed by atoms with van der Waals surface area (Å²) in [6.45, 7) is 5.35. The van der Waals surface area contributed by atoms with Crippen molar-refractivity contribution in [1.29, 1.82) is 0 Å². The molecule has 20 heavy (non-hydrogen) atoms. The Morgan fingerprint density at radius 3 is 2.85 bits per heavy atom. The largest absolute Gasteiger partial charge is 0.339 e. The molecule has 1 atom stereocenters. The summed E-state index contributed by atoms with van der Waals surface area (Å²) in [5, 5.41) is 7.48. The summed E-state index contributed by atoms with van der Waals surface area (Å²) in [7, 11) is 0. The van der Waals surface area contributed by atoms with Crippen LogP contribution in [0.2, 0.25) is 0 Å². The highest BCUT2D eigenvalue weighted by Gasteiger charge is 2.14. The van der Waals surface area contributed by atoms with Crippen LogP contribution in [0.4, 0.5) is 0 Å². The fourth-order valence-electron chi connectivity index (χ4n) is 2.04. The second-order valence-electron chi connectivity index (χ2n) is 4.75. The molecule has 0 aliphatic rings. The van der Waals surface area contributed by atoms with E-state index < -0.39 is 0 Å². The van der Waals surface area contributed by atoms with E-state index in [-0.39, 0.29) is 0 Å². The maximum atomic E-state index is 5.31. The Bertz CT molecular complexity index is 499. The molecule has 2 rings (SSSR count). The predicted octanol–water partition coefficient (Wildman–Crippen LogP) is 2.24. The summed E-state index contributed by atoms with van der Waals surface area (Å²) in [4.78, 5) is 12.6. The van der Waals surface area contributed by atoms with Crippen molar-refractivity contribution in [1.82, 2.24) is 25.4 Å². The van der Waals surface area contributed by atoms with Crippen LogP contribution >= 0.6 is 0 Å². The average Bonchev–Trinajstić information content (AvgIpc) is 2.94. The standard InChI is InChI=1S/C14H21N5O/c1-3-5-11(16-6-4-2)9-13-18-14(19-20-13)12-10-15-7-8-17-12/h7-8,10-11,16H,3-6,9H2,1-2H3. The van der Waals surface area contributed by atoms with Crippen LogP contribution < -0.4 is 5.32 Å². The normalized spacial score (nSPS) is 12.5. The highest BCUT2D eigenvalue weighted by Crippen LogP contribution is 2.13. The fraction of sp³-hybridized carbons (Fsp3) is 0.571. The first-order valence-corrected chi connectivity index (χ1v) is 7.15. The first-order valence-electron chi connectivity index (χ1n) is 7.15. The molecule has 1 unspecified atom stereocenters. The van der Waals surface area contributed by atoms with Crippen molar-refractivity contribution in [3.05, 3.63) is 24.5 Å². The van der Waals surface area contributed by atoms with Gasteiger partial charge in [-0.1, -0.05) is 25.4 Å². The summed E-state index contributed by atoms with van der Waals surface area (Å²) >= 11 is 0. The number of rotatable bonds is 8. The van der Waals surface area contributed by atoms with E-state index in [0.717, 1.165) is 32.2 Å². The molecule has 0 aliphatic heterocycles. The summed E-state index contributed by atoms with van der Waals surface area (Å²) in [5.41, 5.74) is 0.635. The maximum Gasteiger partial charge on any atom is 0.228 e. The minimum absolute atomic E-state index is 0.384. The van der Waals surface area contributed by atoms with E-state index >= 15 is 0 Å². The smallest absolute Gasteiger partial charge is 0.228 e. The maximum absolute atomic E-state index is 5.31. The molecule has 0 aromatic carbocycles.